The first kappa shape index (κ1) is 32.3. The number of aliphatic carboxylic acids is 1. The highest BCUT2D eigenvalue weighted by Crippen LogP contribution is 2.30. The first-order valence-electron chi connectivity index (χ1n) is 13.1. The molecule has 0 saturated heterocycles. The summed E-state index contributed by atoms with van der Waals surface area (Å²) in [6, 6.07) is 11.6. The molecule has 3 aromatic rings. The minimum atomic E-state index is -1.75. The molecule has 0 bridgehead atoms. The fourth-order valence-corrected chi connectivity index (χ4v) is 4.96. The summed E-state index contributed by atoms with van der Waals surface area (Å²) in [5, 5.41) is 29.0. The maximum atomic E-state index is 13.2. The van der Waals surface area contributed by atoms with E-state index in [2.05, 4.69) is 20.8 Å². The molecular weight excluding hydrogens is 564 g/mol. The number of Topliss-reactive ketones (excluding diaryl/α,β-unsaturated/α-hetero) is 1. The van der Waals surface area contributed by atoms with Crippen LogP contribution in [0.3, 0.4) is 0 Å². The molecule has 12 nitrogen and oxygen atoms in total. The van der Waals surface area contributed by atoms with Gasteiger partial charge in [-0.05, 0) is 36.6 Å². The van der Waals surface area contributed by atoms with Crippen LogP contribution in [0.4, 0.5) is 0 Å². The number of hydrogen-bond acceptors (Lipinski definition) is 10. The summed E-state index contributed by atoms with van der Waals surface area (Å²) >= 11 is 1.30. The van der Waals surface area contributed by atoms with Crippen molar-refractivity contribution in [1.82, 2.24) is 20.8 Å². The van der Waals surface area contributed by atoms with Crippen LogP contribution in [0.15, 0.2) is 53.1 Å². The molecule has 42 heavy (non-hydrogen) atoms. The van der Waals surface area contributed by atoms with Crippen LogP contribution in [-0.4, -0.2) is 68.9 Å². The predicted molar refractivity (Wildman–Crippen MR) is 155 cm³/mol. The normalized spacial score (nSPS) is 13.2. The number of aromatic nitrogens is 2. The topological polar surface area (TPSA) is 181 Å². The van der Waals surface area contributed by atoms with Crippen LogP contribution in [0, 0.1) is 12.8 Å². The van der Waals surface area contributed by atoms with Gasteiger partial charge in [0.2, 0.25) is 5.91 Å². The highest BCUT2D eigenvalue weighted by molar-refractivity contribution is 7.99. The Morgan fingerprint density at radius 2 is 1.76 bits per heavy atom. The third-order valence-electron chi connectivity index (χ3n) is 6.23. The molecular formula is C29H34N4O8S. The number of carboxylic acid groups (broad SMARTS) is 1. The molecule has 1 aromatic heterocycles. The lowest BCUT2D eigenvalue weighted by Crippen LogP contribution is -2.55. The summed E-state index contributed by atoms with van der Waals surface area (Å²) in [4.78, 5) is 54.9. The first-order chi connectivity index (χ1) is 20.0. The molecule has 0 spiro atoms. The lowest BCUT2D eigenvalue weighted by Gasteiger charge is -2.26. The maximum absolute atomic E-state index is 13.2. The van der Waals surface area contributed by atoms with E-state index < -0.39 is 54.1 Å². The van der Waals surface area contributed by atoms with Crippen LogP contribution in [0.5, 0.6) is 5.75 Å². The van der Waals surface area contributed by atoms with E-state index in [1.54, 1.807) is 26.8 Å². The summed E-state index contributed by atoms with van der Waals surface area (Å²) < 4.78 is 10.5. The number of thioether (sulfide) groups is 1. The van der Waals surface area contributed by atoms with E-state index in [1.807, 2.05) is 30.3 Å². The summed E-state index contributed by atoms with van der Waals surface area (Å²) in [5.74, 6) is -2.52. The van der Waals surface area contributed by atoms with E-state index in [9.17, 15) is 29.4 Å². The third kappa shape index (κ3) is 8.88. The number of amides is 2. The van der Waals surface area contributed by atoms with Crippen LogP contribution >= 0.6 is 11.8 Å². The van der Waals surface area contributed by atoms with Crippen molar-refractivity contribution in [3.05, 3.63) is 65.5 Å². The Bertz CT molecular complexity index is 1400. The zero-order valence-electron chi connectivity index (χ0n) is 23.7. The zero-order valence-corrected chi connectivity index (χ0v) is 24.5. The van der Waals surface area contributed by atoms with E-state index in [-0.39, 0.29) is 23.0 Å². The third-order valence-corrected chi connectivity index (χ3v) is 7.26. The largest absolute Gasteiger partial charge is 0.496 e. The second-order valence-electron chi connectivity index (χ2n) is 9.84. The Hall–Kier alpha value is -4.23. The van der Waals surface area contributed by atoms with Gasteiger partial charge < -0.3 is 30.1 Å². The van der Waals surface area contributed by atoms with E-state index >= 15 is 0 Å². The molecule has 0 radical (unpaired) electrons. The number of aryl methyl sites for hydroxylation is 1. The fraction of sp³-hybridized carbons (Fsp3) is 0.379. The SMILES string of the molecule is COc1ccc(-c2nc(C)no2)cc1C(O)C(=O)N[C@H](C(=O)N[C@@H](CC(=O)O)C(=O)CSCc1ccccc1)C(C)C. The van der Waals surface area contributed by atoms with Crippen LogP contribution < -0.4 is 15.4 Å². The average molecular weight is 599 g/mol. The van der Waals surface area contributed by atoms with E-state index in [0.717, 1.165) is 5.56 Å². The molecule has 13 heteroatoms. The van der Waals surface area contributed by atoms with Gasteiger partial charge in [0.15, 0.2) is 17.7 Å². The zero-order chi connectivity index (χ0) is 30.8. The van der Waals surface area contributed by atoms with Crippen LogP contribution in [0.2, 0.25) is 0 Å². The Morgan fingerprint density at radius 1 is 1.05 bits per heavy atom. The number of hydrogen-bond donors (Lipinski definition) is 4. The van der Waals surface area contributed by atoms with Gasteiger partial charge in [-0.1, -0.05) is 49.3 Å². The fourth-order valence-electron chi connectivity index (χ4n) is 4.03. The van der Waals surface area contributed by atoms with E-state index in [4.69, 9.17) is 9.26 Å². The molecule has 0 aliphatic carbocycles. The molecule has 4 N–H and O–H groups in total. The predicted octanol–water partition coefficient (Wildman–Crippen LogP) is 2.69. The Balaban J connectivity index is 1.71. The number of carbonyl (C=O) groups excluding carboxylic acids is 3. The van der Waals surface area contributed by atoms with Crippen molar-refractivity contribution in [2.75, 3.05) is 12.9 Å². The minimum Gasteiger partial charge on any atom is -0.496 e. The highest BCUT2D eigenvalue weighted by Gasteiger charge is 2.32. The number of ether oxygens (including phenoxy) is 1. The molecule has 3 rings (SSSR count). The van der Waals surface area contributed by atoms with Crippen molar-refractivity contribution in [2.24, 2.45) is 5.92 Å². The first-order valence-corrected chi connectivity index (χ1v) is 14.3. The van der Waals surface area contributed by atoms with Gasteiger partial charge in [0.05, 0.1) is 25.3 Å². The van der Waals surface area contributed by atoms with Gasteiger partial charge in [-0.25, -0.2) is 0 Å². The van der Waals surface area contributed by atoms with E-state index in [1.165, 1.54) is 31.0 Å². The van der Waals surface area contributed by atoms with Crippen molar-refractivity contribution in [3.8, 4) is 17.2 Å². The Morgan fingerprint density at radius 3 is 2.36 bits per heavy atom. The summed E-state index contributed by atoms with van der Waals surface area (Å²) in [6.07, 6.45) is -2.36. The Labute approximate surface area is 247 Å². The van der Waals surface area contributed by atoms with Gasteiger partial charge in [-0.15, -0.1) is 11.8 Å². The minimum absolute atomic E-state index is 0.0136. The summed E-state index contributed by atoms with van der Waals surface area (Å²) in [7, 11) is 1.38. The van der Waals surface area contributed by atoms with Gasteiger partial charge >= 0.3 is 5.97 Å². The monoisotopic (exact) mass is 598 g/mol. The maximum Gasteiger partial charge on any atom is 0.305 e. The molecule has 2 aromatic carbocycles. The molecule has 0 aliphatic heterocycles. The highest BCUT2D eigenvalue weighted by atomic mass is 32.2. The van der Waals surface area contributed by atoms with Crippen LogP contribution in [0.1, 0.15) is 43.3 Å². The van der Waals surface area contributed by atoms with Crippen molar-refractivity contribution in [3.63, 3.8) is 0 Å². The van der Waals surface area contributed by atoms with Crippen molar-refractivity contribution in [2.45, 2.75) is 51.1 Å². The number of ketones is 1. The van der Waals surface area contributed by atoms with Gasteiger partial charge in [0.25, 0.3) is 11.8 Å². The lowest BCUT2D eigenvalue weighted by molar-refractivity contribution is -0.140. The van der Waals surface area contributed by atoms with Gasteiger partial charge in [-0.3, -0.25) is 19.2 Å². The average Bonchev–Trinajstić information content (AvgIpc) is 3.40. The summed E-state index contributed by atoms with van der Waals surface area (Å²) in [5.41, 5.74) is 1.54. The molecule has 1 heterocycles. The second-order valence-corrected chi connectivity index (χ2v) is 10.8. The molecule has 0 saturated carbocycles. The van der Waals surface area contributed by atoms with Crippen molar-refractivity contribution >= 4 is 35.3 Å². The number of aliphatic hydroxyl groups excluding tert-OH is 1. The number of nitrogens with one attached hydrogen (secondary N) is 2. The van der Waals surface area contributed by atoms with Crippen molar-refractivity contribution in [1.29, 1.82) is 0 Å². The number of rotatable bonds is 15. The number of benzene rings is 2. The number of carbonyl (C=O) groups is 4. The number of methoxy groups -OCH3 is 1. The quantitative estimate of drug-likeness (QED) is 0.202. The number of aliphatic hydroxyl groups is 1. The molecule has 2 amide bonds. The second kappa shape index (κ2) is 15.1. The van der Waals surface area contributed by atoms with E-state index in [0.29, 0.717) is 17.1 Å². The lowest BCUT2D eigenvalue weighted by atomic mass is 10.00. The summed E-state index contributed by atoms with van der Waals surface area (Å²) in [6.45, 7) is 4.98. The van der Waals surface area contributed by atoms with Gasteiger partial charge in [-0.2, -0.15) is 4.98 Å². The van der Waals surface area contributed by atoms with Gasteiger partial charge in [0.1, 0.15) is 11.8 Å². The van der Waals surface area contributed by atoms with Gasteiger partial charge in [0, 0.05) is 16.9 Å². The molecule has 3 atom stereocenters. The smallest absolute Gasteiger partial charge is 0.305 e. The number of nitrogens with zero attached hydrogens (tertiary/aromatic N) is 2. The molecule has 224 valence electrons. The van der Waals surface area contributed by atoms with Crippen LogP contribution in [-0.2, 0) is 24.9 Å². The number of carboxylic acids is 1. The molecule has 0 fully saturated rings. The molecule has 1 unspecified atom stereocenters. The molecule has 0 aliphatic rings. The Kier molecular flexibility index (Phi) is 11.6. The van der Waals surface area contributed by atoms with Crippen LogP contribution in [0.25, 0.3) is 11.5 Å². The standard InChI is InChI=1S/C29H34N4O8S/c1-16(2)25(27(38)31-21(13-24(35)36)22(34)15-42-14-18-8-6-5-7-9-18)32-28(39)26(37)20-12-19(10-11-23(20)40-4)29-30-17(3)33-41-29/h5-12,16,21,25-26,37H,13-15H2,1-4H3,(H,31,38)(H,32,39)(H,35,36)/t21-,25-,26?/m0/s1. The van der Waals surface area contributed by atoms with Crippen molar-refractivity contribution < 1.29 is 38.7 Å².